The van der Waals surface area contributed by atoms with Crippen molar-refractivity contribution in [3.8, 4) is 0 Å². The zero-order valence-electron chi connectivity index (χ0n) is 11.6. The molecular formula is C13H22N4O. The number of rotatable bonds is 3. The van der Waals surface area contributed by atoms with Gasteiger partial charge in [-0.15, -0.1) is 0 Å². The van der Waals surface area contributed by atoms with E-state index in [1.165, 1.54) is 0 Å². The molecule has 100 valence electrons. The predicted molar refractivity (Wildman–Crippen MR) is 73.1 cm³/mol. The summed E-state index contributed by atoms with van der Waals surface area (Å²) in [5, 5.41) is 12.8. The predicted octanol–water partition coefficient (Wildman–Crippen LogP) is 1.34. The molecule has 0 aromatic carbocycles. The number of nitrogens with one attached hydrogen (secondary N) is 1. The molecule has 0 aliphatic carbocycles. The highest BCUT2D eigenvalue weighted by atomic mass is 16.3. The molecule has 1 saturated heterocycles. The van der Waals surface area contributed by atoms with Gasteiger partial charge in [-0.2, -0.15) is 0 Å². The van der Waals surface area contributed by atoms with E-state index in [9.17, 15) is 5.11 Å². The van der Waals surface area contributed by atoms with Crippen molar-refractivity contribution in [3.63, 3.8) is 0 Å². The van der Waals surface area contributed by atoms with Gasteiger partial charge in [0, 0.05) is 31.6 Å². The fourth-order valence-electron chi connectivity index (χ4n) is 2.54. The molecule has 2 atom stereocenters. The lowest BCUT2D eigenvalue weighted by Gasteiger charge is -2.22. The Bertz CT molecular complexity index is 433. The molecule has 1 aromatic heterocycles. The first kappa shape index (κ1) is 13.1. The van der Waals surface area contributed by atoms with E-state index in [0.717, 1.165) is 42.5 Å². The van der Waals surface area contributed by atoms with Crippen LogP contribution in [0.1, 0.15) is 24.7 Å². The minimum atomic E-state index is -0.248. The lowest BCUT2D eigenvalue weighted by Crippen LogP contribution is -2.26. The molecule has 1 aromatic rings. The maximum atomic E-state index is 9.67. The molecule has 18 heavy (non-hydrogen) atoms. The molecule has 0 saturated carbocycles. The lowest BCUT2D eigenvalue weighted by molar-refractivity contribution is 0.136. The molecule has 2 unspecified atom stereocenters. The minimum Gasteiger partial charge on any atom is -0.393 e. The van der Waals surface area contributed by atoms with Crippen LogP contribution >= 0.6 is 0 Å². The summed E-state index contributed by atoms with van der Waals surface area (Å²) in [5.74, 6) is 3.01. The van der Waals surface area contributed by atoms with Crippen molar-refractivity contribution in [3.05, 3.63) is 11.4 Å². The third kappa shape index (κ3) is 2.41. The summed E-state index contributed by atoms with van der Waals surface area (Å²) in [5.41, 5.74) is 1.08. The van der Waals surface area contributed by atoms with Gasteiger partial charge in [-0.05, 0) is 27.2 Å². The van der Waals surface area contributed by atoms with Crippen molar-refractivity contribution in [2.75, 3.05) is 30.4 Å². The second-order valence-corrected chi connectivity index (χ2v) is 5.05. The van der Waals surface area contributed by atoms with Gasteiger partial charge >= 0.3 is 0 Å². The van der Waals surface area contributed by atoms with Crippen LogP contribution in [0.2, 0.25) is 0 Å². The molecule has 1 aliphatic rings. The maximum Gasteiger partial charge on any atom is 0.137 e. The highest BCUT2D eigenvalue weighted by Gasteiger charge is 2.28. The first-order valence-electron chi connectivity index (χ1n) is 6.49. The van der Waals surface area contributed by atoms with E-state index in [4.69, 9.17) is 0 Å². The molecule has 2 rings (SSSR count). The van der Waals surface area contributed by atoms with Gasteiger partial charge in [0.25, 0.3) is 0 Å². The second kappa shape index (κ2) is 5.10. The van der Waals surface area contributed by atoms with Gasteiger partial charge in [0.15, 0.2) is 0 Å². The normalized spacial score (nSPS) is 21.2. The zero-order chi connectivity index (χ0) is 13.3. The van der Waals surface area contributed by atoms with Crippen molar-refractivity contribution < 1.29 is 5.11 Å². The van der Waals surface area contributed by atoms with Gasteiger partial charge in [0.2, 0.25) is 0 Å². The molecule has 0 spiro atoms. The van der Waals surface area contributed by atoms with Crippen LogP contribution in [0.25, 0.3) is 0 Å². The highest BCUT2D eigenvalue weighted by molar-refractivity contribution is 5.58. The molecule has 5 nitrogen and oxygen atoms in total. The molecule has 5 heteroatoms. The lowest BCUT2D eigenvalue weighted by atomic mass is 10.0. The first-order valence-corrected chi connectivity index (χ1v) is 6.49. The molecule has 1 fully saturated rings. The van der Waals surface area contributed by atoms with Crippen LogP contribution in [0.15, 0.2) is 0 Å². The summed E-state index contributed by atoms with van der Waals surface area (Å²) >= 11 is 0. The molecule has 0 radical (unpaired) electrons. The maximum absolute atomic E-state index is 9.67. The molecule has 2 N–H and O–H groups in total. The van der Waals surface area contributed by atoms with Crippen molar-refractivity contribution in [1.29, 1.82) is 0 Å². The average Bonchev–Trinajstić information content (AvgIpc) is 2.81. The van der Waals surface area contributed by atoms with E-state index >= 15 is 0 Å². The largest absolute Gasteiger partial charge is 0.393 e. The van der Waals surface area contributed by atoms with E-state index < -0.39 is 0 Å². The Balaban J connectivity index is 2.26. The number of hydrogen-bond acceptors (Lipinski definition) is 5. The average molecular weight is 250 g/mol. The third-order valence-electron chi connectivity index (χ3n) is 3.68. The van der Waals surface area contributed by atoms with Crippen LogP contribution in [0.4, 0.5) is 11.6 Å². The van der Waals surface area contributed by atoms with Gasteiger partial charge < -0.3 is 15.3 Å². The van der Waals surface area contributed by atoms with Crippen LogP contribution in [0, 0.1) is 19.8 Å². The van der Waals surface area contributed by atoms with E-state index in [1.54, 1.807) is 0 Å². The Morgan fingerprint density at radius 1 is 1.39 bits per heavy atom. The van der Waals surface area contributed by atoms with Crippen LogP contribution in [0.3, 0.4) is 0 Å². The van der Waals surface area contributed by atoms with E-state index in [-0.39, 0.29) is 6.10 Å². The van der Waals surface area contributed by atoms with E-state index in [1.807, 2.05) is 27.8 Å². The number of anilines is 2. The number of hydrogen-bond donors (Lipinski definition) is 2. The summed E-state index contributed by atoms with van der Waals surface area (Å²) < 4.78 is 0. The summed E-state index contributed by atoms with van der Waals surface area (Å²) in [6, 6.07) is 0. The second-order valence-electron chi connectivity index (χ2n) is 5.05. The molecule has 0 amide bonds. The van der Waals surface area contributed by atoms with Crippen LogP contribution in [-0.2, 0) is 0 Å². The summed E-state index contributed by atoms with van der Waals surface area (Å²) in [7, 11) is 1.88. The first-order chi connectivity index (χ1) is 8.52. The molecule has 0 bridgehead atoms. The number of aliphatic hydroxyl groups excluding tert-OH is 1. The van der Waals surface area contributed by atoms with Gasteiger partial charge in [-0.25, -0.2) is 9.97 Å². The topological polar surface area (TPSA) is 61.3 Å². The molecule has 2 heterocycles. The van der Waals surface area contributed by atoms with E-state index in [0.29, 0.717) is 5.92 Å². The van der Waals surface area contributed by atoms with Crippen molar-refractivity contribution in [2.45, 2.75) is 33.3 Å². The van der Waals surface area contributed by atoms with Gasteiger partial charge in [0.1, 0.15) is 17.5 Å². The Labute approximate surface area is 108 Å². The Hall–Kier alpha value is -1.36. The smallest absolute Gasteiger partial charge is 0.137 e. The van der Waals surface area contributed by atoms with Crippen molar-refractivity contribution in [2.24, 2.45) is 5.92 Å². The van der Waals surface area contributed by atoms with Crippen LogP contribution in [-0.4, -0.2) is 41.3 Å². The minimum absolute atomic E-state index is 0.248. The quantitative estimate of drug-likeness (QED) is 0.847. The number of aryl methyl sites for hydroxylation is 1. The SMILES string of the molecule is CNc1nc(C)nc(N2CCC(C(C)O)C2)c1C. The Morgan fingerprint density at radius 2 is 2.11 bits per heavy atom. The van der Waals surface area contributed by atoms with Crippen LogP contribution in [0.5, 0.6) is 0 Å². The fourth-order valence-corrected chi connectivity index (χ4v) is 2.54. The van der Waals surface area contributed by atoms with E-state index in [2.05, 4.69) is 20.2 Å². The van der Waals surface area contributed by atoms with Crippen molar-refractivity contribution in [1.82, 2.24) is 9.97 Å². The van der Waals surface area contributed by atoms with Crippen molar-refractivity contribution >= 4 is 11.6 Å². The summed E-state index contributed by atoms with van der Waals surface area (Å²) in [4.78, 5) is 11.2. The highest BCUT2D eigenvalue weighted by Crippen LogP contribution is 2.29. The van der Waals surface area contributed by atoms with Gasteiger partial charge in [0.05, 0.1) is 6.10 Å². The molecule has 1 aliphatic heterocycles. The van der Waals surface area contributed by atoms with Gasteiger partial charge in [-0.1, -0.05) is 0 Å². The van der Waals surface area contributed by atoms with Crippen LogP contribution < -0.4 is 10.2 Å². The summed E-state index contributed by atoms with van der Waals surface area (Å²) in [6.45, 7) is 7.64. The summed E-state index contributed by atoms with van der Waals surface area (Å²) in [6.07, 6.45) is 0.775. The van der Waals surface area contributed by atoms with Gasteiger partial charge in [-0.3, -0.25) is 0 Å². The zero-order valence-corrected chi connectivity index (χ0v) is 11.6. The number of aliphatic hydroxyl groups is 1. The standard InChI is InChI=1S/C13H22N4O/c1-8-12(14-4)15-10(3)16-13(8)17-6-5-11(7-17)9(2)18/h9,11,18H,5-7H2,1-4H3,(H,14,15,16). The number of nitrogens with zero attached hydrogens (tertiary/aromatic N) is 3. The molecular weight excluding hydrogens is 228 g/mol. The Kier molecular flexibility index (Phi) is 3.71. The third-order valence-corrected chi connectivity index (χ3v) is 3.68. The fraction of sp³-hybridized carbons (Fsp3) is 0.692. The monoisotopic (exact) mass is 250 g/mol. The Morgan fingerprint density at radius 3 is 2.67 bits per heavy atom. The number of aromatic nitrogens is 2.